The number of nitrogens with one attached hydrogen (secondary N) is 1. The number of nitrogens with zero attached hydrogens (tertiary/aromatic N) is 6. The molecule has 3 fully saturated rings. The molecule has 8 heteroatoms. The summed E-state index contributed by atoms with van der Waals surface area (Å²) in [4.78, 5) is 19.7. The Morgan fingerprint density at radius 3 is 2.43 bits per heavy atom. The van der Waals surface area contributed by atoms with E-state index in [-0.39, 0.29) is 0 Å². The summed E-state index contributed by atoms with van der Waals surface area (Å²) in [5, 5.41) is 3.79. The van der Waals surface area contributed by atoms with Crippen molar-refractivity contribution in [2.45, 2.75) is 63.6 Å². The van der Waals surface area contributed by atoms with Gasteiger partial charge in [0.2, 0.25) is 5.95 Å². The van der Waals surface area contributed by atoms with Crippen molar-refractivity contribution in [1.29, 1.82) is 0 Å². The summed E-state index contributed by atoms with van der Waals surface area (Å²) in [6.45, 7) is 6.33. The van der Waals surface area contributed by atoms with E-state index in [1.54, 1.807) is 0 Å². The second kappa shape index (κ2) is 10.5. The molecular formula is C27H37N7O. The molecule has 2 aromatic heterocycles. The smallest absolute Gasteiger partial charge is 0.229 e. The van der Waals surface area contributed by atoms with E-state index in [0.29, 0.717) is 12.1 Å². The molecule has 3 aliphatic rings. The van der Waals surface area contributed by atoms with Crippen LogP contribution in [-0.2, 0) is 11.3 Å². The van der Waals surface area contributed by atoms with Gasteiger partial charge in [-0.2, -0.15) is 9.97 Å². The lowest BCUT2D eigenvalue weighted by molar-refractivity contribution is 0.122. The first kappa shape index (κ1) is 22.7. The van der Waals surface area contributed by atoms with Crippen molar-refractivity contribution in [2.75, 3.05) is 49.6 Å². The van der Waals surface area contributed by atoms with Gasteiger partial charge in [0, 0.05) is 44.8 Å². The molecule has 0 atom stereocenters. The Balaban J connectivity index is 1.22. The number of likely N-dealkylation sites (tertiary alicyclic amines) is 1. The largest absolute Gasteiger partial charge is 0.378 e. The number of imidazole rings is 1. The number of morpholine rings is 1. The van der Waals surface area contributed by atoms with Gasteiger partial charge in [-0.05, 0) is 31.2 Å². The van der Waals surface area contributed by atoms with Crippen molar-refractivity contribution >= 4 is 22.9 Å². The maximum atomic E-state index is 5.58. The van der Waals surface area contributed by atoms with Crippen molar-refractivity contribution in [3.63, 3.8) is 0 Å². The average molecular weight is 476 g/mol. The number of anilines is 2. The van der Waals surface area contributed by atoms with Gasteiger partial charge in [-0.3, -0.25) is 4.90 Å². The molecule has 3 aromatic rings. The lowest BCUT2D eigenvalue weighted by Gasteiger charge is -2.33. The van der Waals surface area contributed by atoms with Crippen molar-refractivity contribution in [3.8, 4) is 0 Å². The Bertz CT molecular complexity index is 1100. The molecule has 0 spiro atoms. The maximum Gasteiger partial charge on any atom is 0.229 e. The molecule has 4 heterocycles. The van der Waals surface area contributed by atoms with Crippen LogP contribution in [-0.4, -0.2) is 69.9 Å². The summed E-state index contributed by atoms with van der Waals surface area (Å²) in [5.74, 6) is 1.70. The molecule has 2 aliphatic heterocycles. The predicted octanol–water partition coefficient (Wildman–Crippen LogP) is 4.24. The van der Waals surface area contributed by atoms with Crippen LogP contribution in [0.1, 0.15) is 56.6 Å². The van der Waals surface area contributed by atoms with E-state index >= 15 is 0 Å². The summed E-state index contributed by atoms with van der Waals surface area (Å²) in [6.07, 6.45) is 10.6. The van der Waals surface area contributed by atoms with Crippen LogP contribution in [0.15, 0.2) is 36.7 Å². The first-order valence-corrected chi connectivity index (χ1v) is 13.4. The third-order valence-corrected chi connectivity index (χ3v) is 7.85. The number of ether oxygens (including phenoxy) is 1. The van der Waals surface area contributed by atoms with Crippen LogP contribution < -0.4 is 10.2 Å². The highest BCUT2D eigenvalue weighted by atomic mass is 16.5. The minimum atomic E-state index is 0.400. The number of benzene rings is 1. The van der Waals surface area contributed by atoms with E-state index in [4.69, 9.17) is 19.7 Å². The van der Waals surface area contributed by atoms with E-state index < -0.39 is 0 Å². The van der Waals surface area contributed by atoms with Crippen molar-refractivity contribution in [2.24, 2.45) is 0 Å². The molecule has 6 rings (SSSR count). The zero-order valence-electron chi connectivity index (χ0n) is 20.6. The average Bonchev–Trinajstić information content (AvgIpc) is 3.36. The fraction of sp³-hybridized carbons (Fsp3) is 0.593. The molecule has 186 valence electrons. The van der Waals surface area contributed by atoms with Crippen LogP contribution in [0.2, 0.25) is 0 Å². The first-order valence-electron chi connectivity index (χ1n) is 13.4. The molecule has 1 aliphatic carbocycles. The van der Waals surface area contributed by atoms with Gasteiger partial charge in [0.15, 0.2) is 17.0 Å². The van der Waals surface area contributed by atoms with E-state index in [1.807, 2.05) is 6.33 Å². The highest BCUT2D eigenvalue weighted by molar-refractivity contribution is 5.84. The molecule has 1 saturated carbocycles. The molecule has 0 bridgehead atoms. The van der Waals surface area contributed by atoms with Crippen LogP contribution in [0.25, 0.3) is 11.2 Å². The Morgan fingerprint density at radius 2 is 1.66 bits per heavy atom. The summed E-state index contributed by atoms with van der Waals surface area (Å²) in [7, 11) is 0. The van der Waals surface area contributed by atoms with E-state index in [0.717, 1.165) is 81.7 Å². The summed E-state index contributed by atoms with van der Waals surface area (Å²) < 4.78 is 7.91. The number of hydrogen-bond acceptors (Lipinski definition) is 7. The van der Waals surface area contributed by atoms with Gasteiger partial charge in [0.05, 0.1) is 19.5 Å². The molecule has 1 N–H and O–H groups in total. The van der Waals surface area contributed by atoms with Crippen LogP contribution in [0.3, 0.4) is 0 Å². The number of hydrogen-bond donors (Lipinski definition) is 1. The molecule has 2 saturated heterocycles. The molecule has 1 aromatic carbocycles. The van der Waals surface area contributed by atoms with Gasteiger partial charge >= 0.3 is 0 Å². The predicted molar refractivity (Wildman–Crippen MR) is 139 cm³/mol. The minimum Gasteiger partial charge on any atom is -0.378 e. The van der Waals surface area contributed by atoms with Gasteiger partial charge in [0.25, 0.3) is 0 Å². The Hall–Kier alpha value is -2.71. The number of fused-ring (bicyclic) bond motifs is 1. The lowest BCUT2D eigenvalue weighted by Crippen LogP contribution is -2.39. The van der Waals surface area contributed by atoms with Crippen LogP contribution >= 0.6 is 0 Å². The summed E-state index contributed by atoms with van der Waals surface area (Å²) in [5.41, 5.74) is 3.29. The SMILES string of the molecule is c1ccc(CN2CCC(Nc3nc(N4CCOCC4)nc4c3ncn4C3CCCCC3)CC2)cc1. The van der Waals surface area contributed by atoms with E-state index in [1.165, 1.54) is 37.7 Å². The highest BCUT2D eigenvalue weighted by Crippen LogP contribution is 2.33. The molecule has 0 unspecified atom stereocenters. The Labute approximate surface area is 207 Å². The first-order chi connectivity index (χ1) is 17.3. The third kappa shape index (κ3) is 5.14. The van der Waals surface area contributed by atoms with Crippen molar-refractivity contribution in [1.82, 2.24) is 24.4 Å². The van der Waals surface area contributed by atoms with Gasteiger partial charge in [0.1, 0.15) is 0 Å². The second-order valence-corrected chi connectivity index (χ2v) is 10.3. The fourth-order valence-electron chi connectivity index (χ4n) is 5.81. The lowest BCUT2D eigenvalue weighted by atomic mass is 9.95. The van der Waals surface area contributed by atoms with Gasteiger partial charge in [-0.1, -0.05) is 49.6 Å². The van der Waals surface area contributed by atoms with E-state index in [9.17, 15) is 0 Å². The fourth-order valence-corrected chi connectivity index (χ4v) is 5.81. The topological polar surface area (TPSA) is 71.3 Å². The molecule has 0 radical (unpaired) electrons. The zero-order valence-corrected chi connectivity index (χ0v) is 20.6. The van der Waals surface area contributed by atoms with Crippen molar-refractivity contribution in [3.05, 3.63) is 42.2 Å². The molecule has 0 amide bonds. The number of aromatic nitrogens is 4. The monoisotopic (exact) mass is 475 g/mol. The number of piperidine rings is 1. The minimum absolute atomic E-state index is 0.400. The highest BCUT2D eigenvalue weighted by Gasteiger charge is 2.25. The zero-order chi connectivity index (χ0) is 23.5. The quantitative estimate of drug-likeness (QED) is 0.572. The molecule has 8 nitrogen and oxygen atoms in total. The normalized spacial score (nSPS) is 21.0. The van der Waals surface area contributed by atoms with Gasteiger partial charge < -0.3 is 19.5 Å². The van der Waals surface area contributed by atoms with Crippen LogP contribution in [0.4, 0.5) is 11.8 Å². The standard InChI is InChI=1S/C27H37N7O/c1-3-7-21(8-4-1)19-32-13-11-22(12-14-32)29-25-24-26(31-27(30-25)33-15-17-35-18-16-33)34(20-28-24)23-9-5-2-6-10-23/h1,3-4,7-8,20,22-23H,2,5-6,9-19H2,(H,29,30,31). The molecular weight excluding hydrogens is 438 g/mol. The Kier molecular flexibility index (Phi) is 6.82. The summed E-state index contributed by atoms with van der Waals surface area (Å²) in [6, 6.07) is 11.7. The second-order valence-electron chi connectivity index (χ2n) is 10.3. The van der Waals surface area contributed by atoms with Gasteiger partial charge in [-0.25, -0.2) is 4.98 Å². The number of rotatable bonds is 6. The van der Waals surface area contributed by atoms with Crippen LogP contribution in [0, 0.1) is 0 Å². The maximum absolute atomic E-state index is 5.58. The Morgan fingerprint density at radius 1 is 0.886 bits per heavy atom. The third-order valence-electron chi connectivity index (χ3n) is 7.85. The van der Waals surface area contributed by atoms with Crippen LogP contribution in [0.5, 0.6) is 0 Å². The van der Waals surface area contributed by atoms with E-state index in [2.05, 4.69) is 50.0 Å². The van der Waals surface area contributed by atoms with Crippen molar-refractivity contribution < 1.29 is 4.74 Å². The summed E-state index contributed by atoms with van der Waals surface area (Å²) >= 11 is 0. The van der Waals surface area contributed by atoms with Gasteiger partial charge in [-0.15, -0.1) is 0 Å². The molecule has 35 heavy (non-hydrogen) atoms.